The molecule has 0 unspecified atom stereocenters. The fourth-order valence-electron chi connectivity index (χ4n) is 2.23. The van der Waals surface area contributed by atoms with E-state index in [9.17, 15) is 0 Å². The summed E-state index contributed by atoms with van der Waals surface area (Å²) in [5.74, 6) is 0. The van der Waals surface area contributed by atoms with Crippen molar-refractivity contribution in [3.8, 4) is 0 Å². The minimum Gasteiger partial charge on any atom is -0.380 e. The van der Waals surface area contributed by atoms with Gasteiger partial charge in [0.2, 0.25) is 0 Å². The number of thiophene rings is 1. The van der Waals surface area contributed by atoms with E-state index in [0.717, 1.165) is 11.0 Å². The Labute approximate surface area is 121 Å². The number of hydrogen-bond acceptors (Lipinski definition) is 2. The fraction of sp³-hybridized carbons (Fsp3) is 0.333. The molecule has 0 aliphatic rings. The fourth-order valence-corrected chi connectivity index (χ4v) is 3.87. The van der Waals surface area contributed by atoms with Crippen LogP contribution < -0.4 is 5.32 Å². The van der Waals surface area contributed by atoms with Crippen LogP contribution >= 0.6 is 27.3 Å². The van der Waals surface area contributed by atoms with Gasteiger partial charge in [-0.3, -0.25) is 0 Å². The molecule has 0 bridgehead atoms. The van der Waals surface area contributed by atoms with Crippen molar-refractivity contribution >= 4 is 33.0 Å². The van der Waals surface area contributed by atoms with Crippen molar-refractivity contribution in [2.24, 2.45) is 0 Å². The monoisotopic (exact) mass is 323 g/mol. The van der Waals surface area contributed by atoms with E-state index in [-0.39, 0.29) is 0 Å². The highest BCUT2D eigenvalue weighted by molar-refractivity contribution is 9.10. The first-order valence-electron chi connectivity index (χ1n) is 6.04. The van der Waals surface area contributed by atoms with Crippen LogP contribution in [-0.2, 0) is 6.54 Å². The summed E-state index contributed by atoms with van der Waals surface area (Å²) in [5.41, 5.74) is 5.22. The van der Waals surface area contributed by atoms with E-state index in [1.165, 1.54) is 32.1 Å². The third-order valence-electron chi connectivity index (χ3n) is 3.10. The zero-order valence-corrected chi connectivity index (χ0v) is 13.6. The molecule has 2 rings (SSSR count). The second-order valence-corrected chi connectivity index (χ2v) is 7.08. The number of aryl methyl sites for hydroxylation is 4. The standard InChI is InChI=1S/C15H18BrNS/c1-9-5-14(16)6-10(2)15(9)17-8-13-7-11(3)18-12(13)4/h5-7,17H,8H2,1-4H3. The molecule has 0 spiro atoms. The summed E-state index contributed by atoms with van der Waals surface area (Å²) in [6, 6.07) is 6.58. The predicted octanol–water partition coefficient (Wildman–Crippen LogP) is 5.36. The lowest BCUT2D eigenvalue weighted by atomic mass is 10.1. The van der Waals surface area contributed by atoms with Gasteiger partial charge in [0, 0.05) is 26.5 Å². The maximum atomic E-state index is 3.56. The van der Waals surface area contributed by atoms with Crippen molar-refractivity contribution in [2.45, 2.75) is 34.2 Å². The highest BCUT2D eigenvalue weighted by atomic mass is 79.9. The Morgan fingerprint density at radius 3 is 2.17 bits per heavy atom. The van der Waals surface area contributed by atoms with E-state index in [4.69, 9.17) is 0 Å². The van der Waals surface area contributed by atoms with Gasteiger partial charge in [-0.2, -0.15) is 0 Å². The molecular weight excluding hydrogens is 306 g/mol. The molecule has 3 heteroatoms. The summed E-state index contributed by atoms with van der Waals surface area (Å²) < 4.78 is 1.14. The second-order valence-electron chi connectivity index (χ2n) is 4.71. The van der Waals surface area contributed by atoms with Crippen LogP contribution in [-0.4, -0.2) is 0 Å². The van der Waals surface area contributed by atoms with E-state index >= 15 is 0 Å². The zero-order chi connectivity index (χ0) is 13.3. The summed E-state index contributed by atoms with van der Waals surface area (Å²) in [5, 5.41) is 3.56. The van der Waals surface area contributed by atoms with E-state index < -0.39 is 0 Å². The molecule has 1 aromatic carbocycles. The Hall–Kier alpha value is -0.800. The van der Waals surface area contributed by atoms with Crippen molar-refractivity contribution in [1.29, 1.82) is 0 Å². The second kappa shape index (κ2) is 5.45. The van der Waals surface area contributed by atoms with Gasteiger partial charge < -0.3 is 5.32 Å². The summed E-state index contributed by atoms with van der Waals surface area (Å²) in [7, 11) is 0. The van der Waals surface area contributed by atoms with Crippen LogP contribution in [0.25, 0.3) is 0 Å². The van der Waals surface area contributed by atoms with Gasteiger partial charge in [0.15, 0.2) is 0 Å². The molecule has 2 aromatic rings. The smallest absolute Gasteiger partial charge is 0.0411 e. The first kappa shape index (κ1) is 13.6. The number of anilines is 1. The first-order chi connectivity index (χ1) is 8.47. The highest BCUT2D eigenvalue weighted by Gasteiger charge is 2.06. The van der Waals surface area contributed by atoms with Crippen LogP contribution in [0.3, 0.4) is 0 Å². The summed E-state index contributed by atoms with van der Waals surface area (Å²) in [4.78, 5) is 2.79. The lowest BCUT2D eigenvalue weighted by Gasteiger charge is -2.13. The molecule has 0 saturated heterocycles. The van der Waals surface area contributed by atoms with Crippen LogP contribution in [0.2, 0.25) is 0 Å². The van der Waals surface area contributed by atoms with Crippen molar-refractivity contribution in [1.82, 2.24) is 0 Å². The third kappa shape index (κ3) is 2.96. The predicted molar refractivity (Wildman–Crippen MR) is 84.7 cm³/mol. The molecule has 0 amide bonds. The SMILES string of the molecule is Cc1cc(CNc2c(C)cc(Br)cc2C)c(C)s1. The Morgan fingerprint density at radius 2 is 1.67 bits per heavy atom. The molecular formula is C15H18BrNS. The maximum Gasteiger partial charge on any atom is 0.0411 e. The van der Waals surface area contributed by atoms with E-state index in [0.29, 0.717) is 0 Å². The number of hydrogen-bond donors (Lipinski definition) is 1. The molecule has 1 heterocycles. The van der Waals surface area contributed by atoms with E-state index in [1.54, 1.807) is 0 Å². The van der Waals surface area contributed by atoms with Gasteiger partial charge in [0.1, 0.15) is 0 Å². The van der Waals surface area contributed by atoms with E-state index in [1.807, 2.05) is 11.3 Å². The zero-order valence-electron chi connectivity index (χ0n) is 11.2. The molecule has 0 atom stereocenters. The third-order valence-corrected chi connectivity index (χ3v) is 4.56. The van der Waals surface area contributed by atoms with Gasteiger partial charge >= 0.3 is 0 Å². The molecule has 1 aromatic heterocycles. The molecule has 1 nitrogen and oxygen atoms in total. The summed E-state index contributed by atoms with van der Waals surface area (Å²) in [6.07, 6.45) is 0. The largest absolute Gasteiger partial charge is 0.380 e. The minimum atomic E-state index is 0.902. The molecule has 18 heavy (non-hydrogen) atoms. The average molecular weight is 324 g/mol. The van der Waals surface area contributed by atoms with Crippen molar-refractivity contribution < 1.29 is 0 Å². The Bertz CT molecular complexity index is 549. The number of nitrogens with one attached hydrogen (secondary N) is 1. The quantitative estimate of drug-likeness (QED) is 0.802. The normalized spacial score (nSPS) is 10.7. The lowest BCUT2D eigenvalue weighted by Crippen LogP contribution is -2.03. The van der Waals surface area contributed by atoms with Crippen LogP contribution in [0, 0.1) is 27.7 Å². The molecule has 0 fully saturated rings. The topological polar surface area (TPSA) is 12.0 Å². The Balaban J connectivity index is 2.18. The average Bonchev–Trinajstić information content (AvgIpc) is 2.55. The highest BCUT2D eigenvalue weighted by Crippen LogP contribution is 2.27. The summed E-state index contributed by atoms with van der Waals surface area (Å²) in [6.45, 7) is 9.55. The first-order valence-corrected chi connectivity index (χ1v) is 7.65. The van der Waals surface area contributed by atoms with Crippen LogP contribution in [0.5, 0.6) is 0 Å². The van der Waals surface area contributed by atoms with Crippen LogP contribution in [0.15, 0.2) is 22.7 Å². The molecule has 0 aliphatic heterocycles. The molecule has 96 valence electrons. The molecule has 1 N–H and O–H groups in total. The number of benzene rings is 1. The number of rotatable bonds is 3. The lowest BCUT2D eigenvalue weighted by molar-refractivity contribution is 1.12. The van der Waals surface area contributed by atoms with Gasteiger partial charge in [-0.15, -0.1) is 11.3 Å². The van der Waals surface area contributed by atoms with E-state index in [2.05, 4.69) is 67.1 Å². The maximum absolute atomic E-state index is 3.56. The van der Waals surface area contributed by atoms with Gasteiger partial charge in [0.25, 0.3) is 0 Å². The van der Waals surface area contributed by atoms with Crippen molar-refractivity contribution in [2.75, 3.05) is 5.32 Å². The molecule has 0 saturated carbocycles. The Kier molecular flexibility index (Phi) is 4.13. The van der Waals surface area contributed by atoms with Crippen molar-refractivity contribution in [3.63, 3.8) is 0 Å². The van der Waals surface area contributed by atoms with Crippen LogP contribution in [0.1, 0.15) is 26.4 Å². The van der Waals surface area contributed by atoms with Crippen LogP contribution in [0.4, 0.5) is 5.69 Å². The molecule has 0 aliphatic carbocycles. The summed E-state index contributed by atoms with van der Waals surface area (Å²) >= 11 is 5.40. The van der Waals surface area contributed by atoms with Gasteiger partial charge in [0.05, 0.1) is 0 Å². The number of halogens is 1. The van der Waals surface area contributed by atoms with Gasteiger partial charge in [-0.25, -0.2) is 0 Å². The van der Waals surface area contributed by atoms with Gasteiger partial charge in [-0.1, -0.05) is 15.9 Å². The van der Waals surface area contributed by atoms with Gasteiger partial charge in [-0.05, 0) is 62.6 Å². The molecule has 0 radical (unpaired) electrons. The van der Waals surface area contributed by atoms with Crippen molar-refractivity contribution in [3.05, 3.63) is 49.1 Å². The minimum absolute atomic E-state index is 0.902. The Morgan fingerprint density at radius 1 is 1.06 bits per heavy atom.